The van der Waals surface area contributed by atoms with E-state index in [0.29, 0.717) is 55.4 Å². The molecule has 4 bridgehead atoms. The highest BCUT2D eigenvalue weighted by atomic mass is 35.5. The summed E-state index contributed by atoms with van der Waals surface area (Å²) in [4.78, 5) is 35.1. The molecule has 2 unspecified atom stereocenters. The third kappa shape index (κ3) is 5.99. The monoisotopic (exact) mass is 675 g/mol. The fourth-order valence-electron chi connectivity index (χ4n) is 9.17. The summed E-state index contributed by atoms with van der Waals surface area (Å²) in [6, 6.07) is -0.124. The van der Waals surface area contributed by atoms with Gasteiger partial charge < -0.3 is 19.1 Å². The molecular formula is C33H44ClF2N7O4. The van der Waals surface area contributed by atoms with Gasteiger partial charge in [0.05, 0.1) is 35.2 Å². The number of carbonyl (C=O) groups is 1. The highest BCUT2D eigenvalue weighted by Gasteiger charge is 2.53. The van der Waals surface area contributed by atoms with Crippen LogP contribution in [0.25, 0.3) is 10.9 Å². The molecule has 7 atom stereocenters. The second kappa shape index (κ2) is 11.8. The molecule has 6 fully saturated rings. The lowest BCUT2D eigenvalue weighted by Gasteiger charge is -2.42. The maximum atomic E-state index is 15.5. The molecule has 47 heavy (non-hydrogen) atoms. The maximum absolute atomic E-state index is 15.5. The van der Waals surface area contributed by atoms with E-state index in [9.17, 15) is 9.18 Å². The van der Waals surface area contributed by atoms with E-state index in [-0.39, 0.29) is 41.5 Å². The molecule has 6 aliphatic rings. The van der Waals surface area contributed by atoms with Crippen LogP contribution in [-0.4, -0.2) is 130 Å². The van der Waals surface area contributed by atoms with Crippen molar-refractivity contribution in [1.82, 2.24) is 29.7 Å². The van der Waals surface area contributed by atoms with Crippen LogP contribution in [0.1, 0.15) is 59.3 Å². The summed E-state index contributed by atoms with van der Waals surface area (Å²) in [5.41, 5.74) is -1.04. The van der Waals surface area contributed by atoms with Crippen LogP contribution in [0.3, 0.4) is 0 Å². The van der Waals surface area contributed by atoms with Crippen LogP contribution in [0.2, 0.25) is 5.15 Å². The number of alkyl halides is 1. The van der Waals surface area contributed by atoms with E-state index in [1.54, 1.807) is 0 Å². The Morgan fingerprint density at radius 1 is 1.04 bits per heavy atom. The lowest BCUT2D eigenvalue weighted by Crippen LogP contribution is -2.57. The summed E-state index contributed by atoms with van der Waals surface area (Å²) in [6.07, 6.45) is 6.06. The summed E-state index contributed by atoms with van der Waals surface area (Å²) >= 11 is 6.11. The molecule has 0 N–H and O–H groups in total. The smallest absolute Gasteiger partial charge is 0.410 e. The molecule has 0 aromatic carbocycles. The molecule has 2 aromatic heterocycles. The fourth-order valence-corrected chi connectivity index (χ4v) is 9.31. The van der Waals surface area contributed by atoms with Gasteiger partial charge in [-0.2, -0.15) is 9.97 Å². The van der Waals surface area contributed by atoms with E-state index in [4.69, 9.17) is 30.8 Å². The SMILES string of the molecule is CC(C)(C)OC(=O)N1[C@@H]2CC[C@H]1CN(c1nc(OC[C@]34C[C@@H](F)CN3C[C@@H](CN3CC5CCC(C3)O5)C4)nc3c(F)c(Cl)ncc13)C2. The van der Waals surface area contributed by atoms with Gasteiger partial charge in [0, 0.05) is 58.4 Å². The van der Waals surface area contributed by atoms with Gasteiger partial charge >= 0.3 is 12.1 Å². The van der Waals surface area contributed by atoms with Crippen molar-refractivity contribution in [3.05, 3.63) is 17.2 Å². The Kier molecular flexibility index (Phi) is 7.92. The van der Waals surface area contributed by atoms with Crippen molar-refractivity contribution in [1.29, 1.82) is 0 Å². The van der Waals surface area contributed by atoms with Crippen LogP contribution in [0.4, 0.5) is 19.4 Å². The van der Waals surface area contributed by atoms with Crippen LogP contribution in [-0.2, 0) is 9.47 Å². The molecule has 2 aromatic rings. The zero-order valence-corrected chi connectivity index (χ0v) is 28.1. The number of rotatable bonds is 6. The number of piperazine rings is 1. The number of halogens is 3. The zero-order chi connectivity index (χ0) is 32.7. The predicted molar refractivity (Wildman–Crippen MR) is 171 cm³/mol. The zero-order valence-electron chi connectivity index (χ0n) is 27.3. The first kappa shape index (κ1) is 31.6. The molecule has 0 spiro atoms. The third-order valence-electron chi connectivity index (χ3n) is 10.9. The quantitative estimate of drug-likeness (QED) is 0.409. The minimum atomic E-state index is -0.925. The van der Waals surface area contributed by atoms with Crippen LogP contribution < -0.4 is 9.64 Å². The molecule has 6 aliphatic heterocycles. The van der Waals surface area contributed by atoms with E-state index in [1.165, 1.54) is 6.20 Å². The molecular weight excluding hydrogens is 632 g/mol. The maximum Gasteiger partial charge on any atom is 0.410 e. The second-order valence-corrected chi connectivity index (χ2v) is 16.0. The highest BCUT2D eigenvalue weighted by Crippen LogP contribution is 2.44. The van der Waals surface area contributed by atoms with Gasteiger partial charge in [-0.05, 0) is 58.8 Å². The average Bonchev–Trinajstić information content (AvgIpc) is 3.69. The van der Waals surface area contributed by atoms with Crippen LogP contribution in [0.5, 0.6) is 6.01 Å². The van der Waals surface area contributed by atoms with Crippen molar-refractivity contribution < 1.29 is 27.8 Å². The largest absolute Gasteiger partial charge is 0.461 e. The van der Waals surface area contributed by atoms with E-state index < -0.39 is 23.1 Å². The molecule has 6 saturated heterocycles. The van der Waals surface area contributed by atoms with E-state index in [2.05, 4.69) is 24.7 Å². The fraction of sp³-hybridized carbons (Fsp3) is 0.758. The molecule has 8 rings (SSSR count). The van der Waals surface area contributed by atoms with Crippen molar-refractivity contribution in [2.24, 2.45) is 5.92 Å². The lowest BCUT2D eigenvalue weighted by molar-refractivity contribution is -0.0423. The predicted octanol–water partition coefficient (Wildman–Crippen LogP) is 4.45. The minimum absolute atomic E-state index is 0.0282. The van der Waals surface area contributed by atoms with Crippen LogP contribution in [0.15, 0.2) is 6.20 Å². The Morgan fingerprint density at radius 3 is 2.47 bits per heavy atom. The Hall–Kier alpha value is -2.61. The van der Waals surface area contributed by atoms with Gasteiger partial charge in [-0.15, -0.1) is 0 Å². The van der Waals surface area contributed by atoms with Crippen molar-refractivity contribution in [3.63, 3.8) is 0 Å². The molecule has 0 aliphatic carbocycles. The van der Waals surface area contributed by atoms with Crippen molar-refractivity contribution in [3.8, 4) is 6.01 Å². The Balaban J connectivity index is 1.02. The normalized spacial score (nSPS) is 34.0. The van der Waals surface area contributed by atoms with Gasteiger partial charge in [-0.25, -0.2) is 18.6 Å². The Bertz CT molecular complexity index is 1520. The molecule has 14 heteroatoms. The third-order valence-corrected chi connectivity index (χ3v) is 11.2. The molecule has 0 radical (unpaired) electrons. The second-order valence-electron chi connectivity index (χ2n) is 15.6. The first-order chi connectivity index (χ1) is 22.4. The standard InChI is InChI=1S/C33H44ClF2N7O4/c1-32(2,3)47-31(44)43-21-4-5-22(43)15-41(14-21)29-25-10-37-28(34)26(36)27(25)38-30(39-29)45-18-33-8-19(12-42(33)13-20(35)9-33)11-40-16-23-6-7-24(17-40)46-23/h10,19-24H,4-9,11-18H2,1-3H3/t19-,20-,21-,22+,23?,24?,33+/m1/s1. The lowest BCUT2D eigenvalue weighted by atomic mass is 9.90. The number of nitrogens with zero attached hydrogens (tertiary/aromatic N) is 7. The molecule has 1 amide bonds. The number of pyridine rings is 1. The Labute approximate surface area is 278 Å². The first-order valence-electron chi connectivity index (χ1n) is 17.1. The number of anilines is 1. The number of fused-ring (bicyclic) bond motifs is 6. The molecule has 11 nitrogen and oxygen atoms in total. The summed E-state index contributed by atoms with van der Waals surface area (Å²) in [5, 5.41) is 0.146. The summed E-state index contributed by atoms with van der Waals surface area (Å²) < 4.78 is 48.5. The average molecular weight is 676 g/mol. The summed E-state index contributed by atoms with van der Waals surface area (Å²) in [6.45, 7) is 10.9. The van der Waals surface area contributed by atoms with Crippen molar-refractivity contribution >= 4 is 34.4 Å². The number of morpholine rings is 1. The first-order valence-corrected chi connectivity index (χ1v) is 17.5. The molecule has 8 heterocycles. The molecule has 256 valence electrons. The number of aromatic nitrogens is 3. The van der Waals surface area contributed by atoms with E-state index in [1.807, 2.05) is 25.7 Å². The number of ether oxygens (including phenoxy) is 3. The number of hydrogen-bond acceptors (Lipinski definition) is 10. The van der Waals surface area contributed by atoms with Crippen molar-refractivity contribution in [2.45, 2.75) is 101 Å². The van der Waals surface area contributed by atoms with Crippen LogP contribution >= 0.6 is 11.6 Å². The topological polar surface area (TPSA) is 96.4 Å². The van der Waals surface area contributed by atoms with Gasteiger partial charge in [0.25, 0.3) is 0 Å². The summed E-state index contributed by atoms with van der Waals surface area (Å²) in [5.74, 6) is 0.151. The van der Waals surface area contributed by atoms with Gasteiger partial charge in [0.15, 0.2) is 11.0 Å². The Morgan fingerprint density at radius 2 is 1.77 bits per heavy atom. The van der Waals surface area contributed by atoms with Gasteiger partial charge in [-0.3, -0.25) is 14.7 Å². The minimum Gasteiger partial charge on any atom is -0.461 e. The van der Waals surface area contributed by atoms with Gasteiger partial charge in [0.2, 0.25) is 0 Å². The number of hydrogen-bond donors (Lipinski definition) is 0. The number of carbonyl (C=O) groups excluding carboxylic acids is 1. The molecule has 0 saturated carbocycles. The number of amides is 1. The summed E-state index contributed by atoms with van der Waals surface area (Å²) in [7, 11) is 0. The van der Waals surface area contributed by atoms with Crippen LogP contribution in [0, 0.1) is 11.7 Å². The highest BCUT2D eigenvalue weighted by molar-refractivity contribution is 6.30. The van der Waals surface area contributed by atoms with Crippen molar-refractivity contribution in [2.75, 3.05) is 57.3 Å². The van der Waals surface area contributed by atoms with E-state index in [0.717, 1.165) is 58.3 Å². The number of likely N-dealkylation sites (tertiary alicyclic amines) is 1. The van der Waals surface area contributed by atoms with Gasteiger partial charge in [-0.1, -0.05) is 11.6 Å². The van der Waals surface area contributed by atoms with E-state index >= 15 is 4.39 Å². The van der Waals surface area contributed by atoms with Gasteiger partial charge in [0.1, 0.15) is 29.7 Å².